The number of hydrogen-bond donors (Lipinski definition) is 0. The third-order valence-electron chi connectivity index (χ3n) is 1.65. The Bertz CT molecular complexity index is 300. The molecule has 0 bridgehead atoms. The standard InChI is InChI=1S/C7H12BF3N3.K/c1-6(2)4-14-7(12-5-13-14)3-8(9,10)11;/h5-6H,3-4H2,1-2H3;/q-1;+1. The van der Waals surface area contributed by atoms with Gasteiger partial charge in [0.05, 0.1) is 0 Å². The van der Waals surface area contributed by atoms with Crippen molar-refractivity contribution in [2.75, 3.05) is 0 Å². The fourth-order valence-electron chi connectivity index (χ4n) is 1.15. The maximum Gasteiger partial charge on any atom is 1.00 e. The molecule has 0 unspecified atom stereocenters. The Kier molecular flexibility index (Phi) is 6.66. The molecule has 0 saturated heterocycles. The maximum atomic E-state index is 12.1. The van der Waals surface area contributed by atoms with Crippen LogP contribution in [0.3, 0.4) is 0 Å². The van der Waals surface area contributed by atoms with Gasteiger partial charge < -0.3 is 12.9 Å². The van der Waals surface area contributed by atoms with Crippen molar-refractivity contribution in [3.63, 3.8) is 0 Å². The van der Waals surface area contributed by atoms with Gasteiger partial charge >= 0.3 is 58.4 Å². The van der Waals surface area contributed by atoms with Gasteiger partial charge in [-0.1, -0.05) is 13.8 Å². The molecule has 15 heavy (non-hydrogen) atoms. The smallest absolute Gasteiger partial charge is 0.449 e. The van der Waals surface area contributed by atoms with Crippen molar-refractivity contribution in [1.82, 2.24) is 14.8 Å². The number of hydrogen-bond acceptors (Lipinski definition) is 2. The van der Waals surface area contributed by atoms with E-state index in [0.29, 0.717) is 6.54 Å². The van der Waals surface area contributed by atoms with E-state index in [-0.39, 0.29) is 63.1 Å². The molecule has 0 spiro atoms. The van der Waals surface area contributed by atoms with Crippen LogP contribution in [-0.4, -0.2) is 21.7 Å². The van der Waals surface area contributed by atoms with E-state index in [9.17, 15) is 12.9 Å². The van der Waals surface area contributed by atoms with Crippen LogP contribution in [0.15, 0.2) is 6.33 Å². The van der Waals surface area contributed by atoms with E-state index in [1.54, 1.807) is 0 Å². The summed E-state index contributed by atoms with van der Waals surface area (Å²) in [7, 11) is 0. The van der Waals surface area contributed by atoms with Gasteiger partial charge in [-0.3, -0.25) is 4.68 Å². The molecular formula is C7H12BF3KN3. The Morgan fingerprint density at radius 2 is 2.00 bits per heavy atom. The molecule has 0 saturated carbocycles. The molecule has 0 radical (unpaired) electrons. The minimum Gasteiger partial charge on any atom is -0.449 e. The van der Waals surface area contributed by atoms with Gasteiger partial charge in [-0.2, -0.15) is 5.10 Å². The first-order valence-corrected chi connectivity index (χ1v) is 4.46. The third kappa shape index (κ3) is 6.06. The average Bonchev–Trinajstić information content (AvgIpc) is 2.32. The second kappa shape index (κ2) is 6.39. The van der Waals surface area contributed by atoms with Crippen LogP contribution >= 0.6 is 0 Å². The van der Waals surface area contributed by atoms with Crippen molar-refractivity contribution in [1.29, 1.82) is 0 Å². The van der Waals surface area contributed by atoms with Crippen LogP contribution in [-0.2, 0) is 12.9 Å². The zero-order valence-electron chi connectivity index (χ0n) is 9.12. The SMILES string of the molecule is CC(C)Cn1ncnc1C[B-](F)(F)F.[K+]. The van der Waals surface area contributed by atoms with Gasteiger partial charge in [-0.25, -0.2) is 4.98 Å². The second-order valence-corrected chi connectivity index (χ2v) is 3.67. The minimum atomic E-state index is -4.83. The molecule has 1 aromatic rings. The number of nitrogens with zero attached hydrogens (tertiary/aromatic N) is 3. The van der Waals surface area contributed by atoms with Crippen molar-refractivity contribution < 1.29 is 64.3 Å². The summed E-state index contributed by atoms with van der Waals surface area (Å²) in [6.45, 7) is -0.511. The maximum absolute atomic E-state index is 12.1. The van der Waals surface area contributed by atoms with Crippen LogP contribution in [0, 0.1) is 5.92 Å². The molecule has 0 fully saturated rings. The van der Waals surface area contributed by atoms with Crippen LogP contribution in [0.5, 0.6) is 0 Å². The van der Waals surface area contributed by atoms with Crippen LogP contribution < -0.4 is 51.4 Å². The minimum absolute atomic E-state index is 0. The van der Waals surface area contributed by atoms with Crippen LogP contribution in [0.1, 0.15) is 19.7 Å². The summed E-state index contributed by atoms with van der Waals surface area (Å²) in [5.41, 5.74) is 0. The molecule has 0 aromatic carbocycles. The molecule has 1 aromatic heterocycles. The van der Waals surface area contributed by atoms with Gasteiger partial charge in [0.2, 0.25) is 0 Å². The first kappa shape index (κ1) is 15.6. The van der Waals surface area contributed by atoms with Crippen LogP contribution in [0.4, 0.5) is 12.9 Å². The zero-order chi connectivity index (χ0) is 10.8. The first-order valence-electron chi connectivity index (χ1n) is 4.46. The van der Waals surface area contributed by atoms with Crippen LogP contribution in [0.2, 0.25) is 0 Å². The molecule has 80 valence electrons. The normalized spacial score (nSPS) is 11.6. The average molecular weight is 245 g/mol. The van der Waals surface area contributed by atoms with Crippen molar-refractivity contribution >= 4 is 6.98 Å². The summed E-state index contributed by atoms with van der Waals surface area (Å²) in [5, 5.41) is 3.76. The Hall–Kier alpha value is 0.631. The Morgan fingerprint density at radius 3 is 2.47 bits per heavy atom. The summed E-state index contributed by atoms with van der Waals surface area (Å²) in [6, 6.07) is 0. The quantitative estimate of drug-likeness (QED) is 0.628. The molecule has 0 aliphatic heterocycles. The number of halogens is 3. The molecule has 0 amide bonds. The molecule has 0 N–H and O–H groups in total. The summed E-state index contributed by atoms with van der Waals surface area (Å²) in [5.74, 6) is 0.266. The van der Waals surface area contributed by atoms with Gasteiger partial charge in [0.25, 0.3) is 0 Å². The topological polar surface area (TPSA) is 30.7 Å². The molecule has 0 aliphatic rings. The molecular weight excluding hydrogens is 233 g/mol. The van der Waals surface area contributed by atoms with Crippen molar-refractivity contribution in [2.24, 2.45) is 5.92 Å². The second-order valence-electron chi connectivity index (χ2n) is 3.67. The van der Waals surface area contributed by atoms with Crippen LogP contribution in [0.25, 0.3) is 0 Å². The molecule has 3 nitrogen and oxygen atoms in total. The third-order valence-corrected chi connectivity index (χ3v) is 1.65. The van der Waals surface area contributed by atoms with Gasteiger partial charge in [0.15, 0.2) is 0 Å². The Morgan fingerprint density at radius 1 is 1.40 bits per heavy atom. The van der Waals surface area contributed by atoms with E-state index in [0.717, 1.165) is 0 Å². The monoisotopic (exact) mass is 245 g/mol. The fraction of sp³-hybridized carbons (Fsp3) is 0.714. The van der Waals surface area contributed by atoms with E-state index >= 15 is 0 Å². The Labute approximate surface area is 129 Å². The summed E-state index contributed by atoms with van der Waals surface area (Å²) < 4.78 is 37.7. The summed E-state index contributed by atoms with van der Waals surface area (Å²) in [4.78, 5) is 3.60. The Balaban J connectivity index is 0.00000196. The van der Waals surface area contributed by atoms with Crippen molar-refractivity contribution in [3.8, 4) is 0 Å². The fourth-order valence-corrected chi connectivity index (χ4v) is 1.15. The van der Waals surface area contributed by atoms with Gasteiger partial charge in [-0.05, 0) is 12.2 Å². The van der Waals surface area contributed by atoms with Gasteiger partial charge in [-0.15, -0.1) is 0 Å². The molecule has 0 aliphatic carbocycles. The van der Waals surface area contributed by atoms with E-state index in [1.165, 1.54) is 11.0 Å². The van der Waals surface area contributed by atoms with E-state index in [2.05, 4.69) is 10.1 Å². The van der Waals surface area contributed by atoms with E-state index in [4.69, 9.17) is 0 Å². The largest absolute Gasteiger partial charge is 1.00 e. The zero-order valence-corrected chi connectivity index (χ0v) is 12.2. The first-order chi connectivity index (χ1) is 6.38. The molecule has 1 heterocycles. The predicted molar refractivity (Wildman–Crippen MR) is 47.6 cm³/mol. The molecule has 1 rings (SSSR count). The molecule has 0 atom stereocenters. The number of rotatable bonds is 4. The van der Waals surface area contributed by atoms with Crippen molar-refractivity contribution in [2.45, 2.75) is 26.7 Å². The number of aromatic nitrogens is 3. The predicted octanol–water partition coefficient (Wildman–Crippen LogP) is -1.13. The molecule has 8 heteroatoms. The summed E-state index contributed by atoms with van der Waals surface area (Å²) >= 11 is 0. The van der Waals surface area contributed by atoms with E-state index < -0.39 is 13.3 Å². The van der Waals surface area contributed by atoms with E-state index in [1.807, 2.05) is 13.8 Å². The summed E-state index contributed by atoms with van der Waals surface area (Å²) in [6.07, 6.45) is 0.215. The van der Waals surface area contributed by atoms with Gasteiger partial charge in [0.1, 0.15) is 12.2 Å². The van der Waals surface area contributed by atoms with Crippen molar-refractivity contribution in [3.05, 3.63) is 12.2 Å². The van der Waals surface area contributed by atoms with Gasteiger partial charge in [0, 0.05) is 6.54 Å².